The molecule has 0 unspecified atom stereocenters. The van der Waals surface area contributed by atoms with Crippen molar-refractivity contribution in [2.45, 2.75) is 19.6 Å². The minimum Gasteiger partial charge on any atom is -0.456 e. The van der Waals surface area contributed by atoms with Gasteiger partial charge in [-0.1, -0.05) is 129 Å². The molecular weight excluding hydrogens is 613 g/mol. The SMILES string of the molecule is C[Si](C)(C)c1cc2oc3ccccc3c2c(-c2ccccc2)c1-n1c2ccccc2c2ccc(-n3c4ccccc4c4ccccc43)cc21. The van der Waals surface area contributed by atoms with Gasteiger partial charge in [0.05, 0.1) is 35.8 Å². The molecule has 0 aliphatic carbocycles. The zero-order valence-corrected chi connectivity index (χ0v) is 28.7. The Morgan fingerprint density at radius 3 is 1.61 bits per heavy atom. The van der Waals surface area contributed by atoms with E-state index in [1.54, 1.807) is 0 Å². The molecule has 49 heavy (non-hydrogen) atoms. The lowest BCUT2D eigenvalue weighted by molar-refractivity contribution is 0.669. The number of nitrogens with zero attached hydrogens (tertiary/aromatic N) is 2. The summed E-state index contributed by atoms with van der Waals surface area (Å²) in [4.78, 5) is 0. The second-order valence-electron chi connectivity index (χ2n) is 14.2. The molecule has 4 heteroatoms. The van der Waals surface area contributed by atoms with E-state index in [0.29, 0.717) is 0 Å². The lowest BCUT2D eigenvalue weighted by atomic mass is 9.97. The van der Waals surface area contributed by atoms with Crippen molar-refractivity contribution >= 4 is 78.8 Å². The number of rotatable bonds is 4. The molecule has 10 rings (SSSR count). The molecule has 0 fully saturated rings. The van der Waals surface area contributed by atoms with Crippen LogP contribution in [-0.2, 0) is 0 Å². The highest BCUT2D eigenvalue weighted by atomic mass is 28.3. The van der Waals surface area contributed by atoms with Crippen LogP contribution in [-0.4, -0.2) is 17.2 Å². The Morgan fingerprint density at radius 1 is 0.449 bits per heavy atom. The Kier molecular flexibility index (Phi) is 5.94. The van der Waals surface area contributed by atoms with Gasteiger partial charge in [-0.15, -0.1) is 0 Å². The summed E-state index contributed by atoms with van der Waals surface area (Å²) in [6.45, 7) is 7.35. The monoisotopic (exact) mass is 646 g/mol. The Balaban J connectivity index is 1.41. The maximum absolute atomic E-state index is 6.66. The third kappa shape index (κ3) is 4.08. The fourth-order valence-corrected chi connectivity index (χ4v) is 9.62. The summed E-state index contributed by atoms with van der Waals surface area (Å²) < 4.78 is 11.7. The third-order valence-electron chi connectivity index (χ3n) is 10.2. The van der Waals surface area contributed by atoms with Gasteiger partial charge in [0.2, 0.25) is 0 Å². The topological polar surface area (TPSA) is 23.0 Å². The Labute approximate surface area is 285 Å². The van der Waals surface area contributed by atoms with Gasteiger partial charge < -0.3 is 13.6 Å². The quantitative estimate of drug-likeness (QED) is 0.175. The van der Waals surface area contributed by atoms with Crippen LogP contribution in [0.2, 0.25) is 19.6 Å². The van der Waals surface area contributed by atoms with Gasteiger partial charge in [-0.2, -0.15) is 0 Å². The molecule has 0 radical (unpaired) electrons. The van der Waals surface area contributed by atoms with Crippen molar-refractivity contribution in [3.63, 3.8) is 0 Å². The van der Waals surface area contributed by atoms with Gasteiger partial charge >= 0.3 is 0 Å². The van der Waals surface area contributed by atoms with Gasteiger partial charge in [0.1, 0.15) is 11.2 Å². The number of furan rings is 1. The molecule has 0 saturated heterocycles. The number of aromatic nitrogens is 2. The van der Waals surface area contributed by atoms with Crippen LogP contribution in [0.4, 0.5) is 0 Å². The highest BCUT2D eigenvalue weighted by Gasteiger charge is 2.30. The second kappa shape index (κ2) is 10.3. The molecule has 10 aromatic rings. The van der Waals surface area contributed by atoms with E-state index in [1.165, 1.54) is 71.0 Å². The van der Waals surface area contributed by atoms with Crippen molar-refractivity contribution in [2.75, 3.05) is 0 Å². The van der Waals surface area contributed by atoms with Crippen LogP contribution >= 0.6 is 0 Å². The highest BCUT2D eigenvalue weighted by Crippen LogP contribution is 2.44. The van der Waals surface area contributed by atoms with Crippen LogP contribution < -0.4 is 5.19 Å². The minimum absolute atomic E-state index is 0.921. The first-order valence-electron chi connectivity index (χ1n) is 17.0. The Hall–Kier alpha value is -5.84. The summed E-state index contributed by atoms with van der Waals surface area (Å²) in [7, 11) is -1.96. The average Bonchev–Trinajstić information content (AvgIpc) is 3.78. The first-order chi connectivity index (χ1) is 24.0. The van der Waals surface area contributed by atoms with Crippen LogP contribution in [0.15, 0.2) is 156 Å². The van der Waals surface area contributed by atoms with Gasteiger partial charge in [-0.3, -0.25) is 0 Å². The van der Waals surface area contributed by atoms with Gasteiger partial charge in [0, 0.05) is 43.6 Å². The van der Waals surface area contributed by atoms with Crippen molar-refractivity contribution in [1.82, 2.24) is 9.13 Å². The summed E-state index contributed by atoms with van der Waals surface area (Å²) in [6.07, 6.45) is 0. The van der Waals surface area contributed by atoms with Gasteiger partial charge in [-0.05, 0) is 53.2 Å². The van der Waals surface area contributed by atoms with Crippen LogP contribution in [0.25, 0.3) is 88.1 Å². The normalized spacial score (nSPS) is 12.4. The van der Waals surface area contributed by atoms with Gasteiger partial charge in [0.15, 0.2) is 0 Å². The molecule has 0 saturated carbocycles. The maximum atomic E-state index is 6.66. The number of para-hydroxylation sites is 4. The molecule has 0 bridgehead atoms. The fourth-order valence-electron chi connectivity index (χ4n) is 8.11. The van der Waals surface area contributed by atoms with Crippen LogP contribution in [0.3, 0.4) is 0 Å². The molecule has 0 aliphatic heterocycles. The molecule has 3 aromatic heterocycles. The summed E-state index contributed by atoms with van der Waals surface area (Å²) in [5, 5.41) is 8.73. The van der Waals surface area contributed by atoms with E-state index in [9.17, 15) is 0 Å². The Morgan fingerprint density at radius 2 is 0.980 bits per heavy atom. The largest absolute Gasteiger partial charge is 0.456 e. The van der Waals surface area contributed by atoms with E-state index in [-0.39, 0.29) is 0 Å². The zero-order chi connectivity index (χ0) is 32.9. The van der Waals surface area contributed by atoms with Crippen LogP contribution in [0.1, 0.15) is 0 Å². The van der Waals surface area contributed by atoms with Crippen molar-refractivity contribution in [3.05, 3.63) is 152 Å². The summed E-state index contributed by atoms with van der Waals surface area (Å²) in [5.74, 6) is 0. The van der Waals surface area contributed by atoms with E-state index in [1.807, 2.05) is 0 Å². The van der Waals surface area contributed by atoms with E-state index in [4.69, 9.17) is 4.42 Å². The molecule has 0 amide bonds. The number of hydrogen-bond acceptors (Lipinski definition) is 1. The van der Waals surface area contributed by atoms with E-state index in [0.717, 1.165) is 22.2 Å². The molecule has 234 valence electrons. The lowest BCUT2D eigenvalue weighted by Crippen LogP contribution is -2.40. The number of benzene rings is 7. The summed E-state index contributed by atoms with van der Waals surface area (Å²) in [6, 6.07) is 55.2. The van der Waals surface area contributed by atoms with Crippen molar-refractivity contribution in [1.29, 1.82) is 0 Å². The van der Waals surface area contributed by atoms with Crippen molar-refractivity contribution in [2.24, 2.45) is 0 Å². The zero-order valence-electron chi connectivity index (χ0n) is 27.7. The van der Waals surface area contributed by atoms with Crippen LogP contribution in [0.5, 0.6) is 0 Å². The van der Waals surface area contributed by atoms with Crippen LogP contribution in [0, 0.1) is 0 Å². The third-order valence-corrected chi connectivity index (χ3v) is 12.2. The molecule has 0 aliphatic rings. The fraction of sp³-hybridized carbons (Fsp3) is 0.0667. The predicted octanol–water partition coefficient (Wildman–Crippen LogP) is 12.0. The Bertz CT molecular complexity index is 2860. The molecule has 0 N–H and O–H groups in total. The number of fused-ring (bicyclic) bond motifs is 9. The molecule has 7 aromatic carbocycles. The molecule has 3 heterocycles. The minimum atomic E-state index is -1.96. The molecule has 0 atom stereocenters. The predicted molar refractivity (Wildman–Crippen MR) is 211 cm³/mol. The van der Waals surface area contributed by atoms with Gasteiger partial charge in [0.25, 0.3) is 0 Å². The first kappa shape index (κ1) is 28.2. The molecule has 0 spiro atoms. The molecular formula is C45H34N2OSi. The lowest BCUT2D eigenvalue weighted by Gasteiger charge is -2.26. The maximum Gasteiger partial charge on any atom is 0.136 e. The number of hydrogen-bond donors (Lipinski definition) is 0. The summed E-state index contributed by atoms with van der Waals surface area (Å²) in [5.41, 5.74) is 11.5. The first-order valence-corrected chi connectivity index (χ1v) is 20.5. The van der Waals surface area contributed by atoms with E-state index in [2.05, 4.69) is 180 Å². The summed E-state index contributed by atoms with van der Waals surface area (Å²) >= 11 is 0. The highest BCUT2D eigenvalue weighted by molar-refractivity contribution is 6.89. The molecule has 3 nitrogen and oxygen atoms in total. The van der Waals surface area contributed by atoms with E-state index >= 15 is 0 Å². The smallest absolute Gasteiger partial charge is 0.136 e. The standard InChI is InChI=1S/C45H34N2OSi/c1-49(2,3)42-28-41-44(35-20-10-14-24-40(35)48-41)43(29-15-5-4-6-16-29)45(42)47-38-23-13-9-19-33(38)34-26-25-30(27-39(34)47)46-36-21-11-7-17-31(36)32-18-8-12-22-37(32)46/h4-28H,1-3H3. The van der Waals surface area contributed by atoms with Crippen molar-refractivity contribution in [3.8, 4) is 22.5 Å². The van der Waals surface area contributed by atoms with Crippen molar-refractivity contribution < 1.29 is 4.42 Å². The van der Waals surface area contributed by atoms with E-state index < -0.39 is 8.07 Å². The van der Waals surface area contributed by atoms with Gasteiger partial charge in [-0.25, -0.2) is 0 Å². The average molecular weight is 647 g/mol. The second-order valence-corrected chi connectivity index (χ2v) is 19.2.